The number of benzene rings is 3. The number of hydrogen-bond donors (Lipinski definition) is 3. The highest BCUT2D eigenvalue weighted by Gasteiger charge is 2.49. The zero-order valence-corrected chi connectivity index (χ0v) is 39.6. The van der Waals surface area contributed by atoms with E-state index in [4.69, 9.17) is 9.47 Å². The summed E-state index contributed by atoms with van der Waals surface area (Å²) in [5.74, 6) is -0.107. The molecular formula is C52H65F3N6O6. The minimum atomic E-state index is -4.36. The lowest BCUT2D eigenvalue weighted by Gasteiger charge is -2.46. The molecule has 1 saturated carbocycles. The largest absolute Gasteiger partial charge is 0.497 e. The molecule has 2 aliphatic heterocycles. The highest BCUT2D eigenvalue weighted by Crippen LogP contribution is 2.46. The number of carbonyl (C=O) groups excluding carboxylic acids is 3. The average Bonchev–Trinajstić information content (AvgIpc) is 3.51. The predicted octanol–water partition coefficient (Wildman–Crippen LogP) is 8.58. The molecule has 8 rings (SSSR count). The van der Waals surface area contributed by atoms with Gasteiger partial charge in [-0.25, -0.2) is 4.79 Å². The Morgan fingerprint density at radius 1 is 0.955 bits per heavy atom. The van der Waals surface area contributed by atoms with Crippen LogP contribution in [-0.4, -0.2) is 82.4 Å². The van der Waals surface area contributed by atoms with Crippen LogP contribution in [-0.2, 0) is 38.1 Å². The molecule has 3 atom stereocenters. The van der Waals surface area contributed by atoms with Crippen molar-refractivity contribution in [2.24, 2.45) is 18.4 Å². The summed E-state index contributed by atoms with van der Waals surface area (Å²) in [4.78, 5) is 52.8. The second kappa shape index (κ2) is 18.9. The summed E-state index contributed by atoms with van der Waals surface area (Å²) in [6, 6.07) is 21.3. The van der Waals surface area contributed by atoms with Crippen LogP contribution in [0.1, 0.15) is 115 Å². The van der Waals surface area contributed by atoms with E-state index < -0.39 is 23.5 Å². The summed E-state index contributed by atoms with van der Waals surface area (Å²) in [6.45, 7) is 8.06. The van der Waals surface area contributed by atoms with E-state index in [0.29, 0.717) is 43.6 Å². The number of aromatic nitrogens is 2. The first-order valence-corrected chi connectivity index (χ1v) is 23.7. The van der Waals surface area contributed by atoms with E-state index in [1.165, 1.54) is 28.6 Å². The first-order chi connectivity index (χ1) is 31.7. The maximum atomic E-state index is 14.4. The number of allylic oxidation sites excluding steroid dienone is 2. The van der Waals surface area contributed by atoms with E-state index in [-0.39, 0.29) is 65.9 Å². The van der Waals surface area contributed by atoms with Crippen molar-refractivity contribution in [3.63, 3.8) is 0 Å². The number of anilines is 1. The van der Waals surface area contributed by atoms with Crippen LogP contribution in [0.2, 0.25) is 0 Å². The van der Waals surface area contributed by atoms with Gasteiger partial charge in [0.05, 0.1) is 29.2 Å². The zero-order valence-electron chi connectivity index (χ0n) is 39.6. The third-order valence-electron chi connectivity index (χ3n) is 14.8. The fourth-order valence-corrected chi connectivity index (χ4v) is 10.8. The fraction of sp³-hybridized carbons (Fsp3) is 0.538. The van der Waals surface area contributed by atoms with Gasteiger partial charge in [0, 0.05) is 62.3 Å². The highest BCUT2D eigenvalue weighted by atomic mass is 19.4. The lowest BCUT2D eigenvalue weighted by Crippen LogP contribution is -2.51. The number of ether oxygens (including phenoxy) is 2. The Balaban J connectivity index is 0.851. The first-order valence-electron chi connectivity index (χ1n) is 23.7. The monoisotopic (exact) mass is 926 g/mol. The van der Waals surface area contributed by atoms with Gasteiger partial charge in [0.2, 0.25) is 17.7 Å². The molecule has 360 valence electrons. The SMILES string of the molecule is COc1ccc([C@]2(CCN(Cc3ccc(C4=CCC(C(=O)NC5CC(Nc6ccc7c(c6)n(C)c(=O)n7C6CCC(=O)NC6=O)C5)CC4)cc3)CC(C)(C)C(F)(F)F)CCOC(C)(C)C2)cc1. The first kappa shape index (κ1) is 48.1. The number of hydrogen-bond acceptors (Lipinski definition) is 8. The molecule has 3 aromatic carbocycles. The van der Waals surface area contributed by atoms with Crippen LogP contribution >= 0.6 is 0 Å². The number of halogens is 3. The number of imidazole rings is 1. The van der Waals surface area contributed by atoms with Crippen LogP contribution in [0.5, 0.6) is 5.75 Å². The Morgan fingerprint density at radius 3 is 2.33 bits per heavy atom. The molecule has 0 radical (unpaired) electrons. The van der Waals surface area contributed by atoms with E-state index in [0.717, 1.165) is 66.7 Å². The van der Waals surface area contributed by atoms with E-state index in [1.807, 2.05) is 47.4 Å². The van der Waals surface area contributed by atoms with Crippen LogP contribution in [0, 0.1) is 11.3 Å². The van der Waals surface area contributed by atoms with E-state index in [1.54, 1.807) is 14.2 Å². The number of rotatable bonds is 15. The van der Waals surface area contributed by atoms with Crippen molar-refractivity contribution < 1.29 is 37.0 Å². The quantitative estimate of drug-likeness (QED) is 0.101. The van der Waals surface area contributed by atoms with Gasteiger partial charge in [0.15, 0.2) is 0 Å². The number of methoxy groups -OCH3 is 1. The molecule has 3 amide bonds. The number of carbonyl (C=O) groups is 3. The molecule has 67 heavy (non-hydrogen) atoms. The van der Waals surface area contributed by atoms with Gasteiger partial charge in [-0.05, 0) is 145 Å². The van der Waals surface area contributed by atoms with Gasteiger partial charge in [0.1, 0.15) is 11.8 Å². The predicted molar refractivity (Wildman–Crippen MR) is 253 cm³/mol. The standard InChI is InChI=1S/C52H65F3N6O6/c1-49(2,52(53,54)55)32-60(25-23-51(24-26-67-50(3,4)31-51)37-15-18-41(66-6)19-16-37)30-33-7-9-34(10-8-33)35-11-13-36(14-12-35)46(63)57-40-27-39(28-40)56-38-17-20-42-44(29-38)59(5)48(65)61(42)43-21-22-45(62)58-47(43)64/h7-11,15-20,29,36,39-40,43,56H,12-14,21-28,30-32H2,1-6H3,(H,57,63)(H,58,62,64)/t36?,39?,40?,43?,51-/m1/s1. The van der Waals surface area contributed by atoms with E-state index in [9.17, 15) is 32.3 Å². The summed E-state index contributed by atoms with van der Waals surface area (Å²) in [7, 11) is 3.31. The number of fused-ring (bicyclic) bond motifs is 1. The molecule has 4 aromatic rings. The number of amides is 3. The number of nitrogens with zero attached hydrogens (tertiary/aromatic N) is 3. The maximum absolute atomic E-state index is 14.4. The molecule has 3 fully saturated rings. The number of piperidine rings is 1. The highest BCUT2D eigenvalue weighted by molar-refractivity contribution is 6.00. The summed E-state index contributed by atoms with van der Waals surface area (Å²) < 4.78 is 57.6. The van der Waals surface area contributed by atoms with Gasteiger partial charge in [-0.1, -0.05) is 42.5 Å². The number of nitrogens with one attached hydrogen (secondary N) is 3. The van der Waals surface area contributed by atoms with Crippen LogP contribution in [0.15, 0.2) is 77.6 Å². The van der Waals surface area contributed by atoms with Gasteiger partial charge in [-0.2, -0.15) is 13.2 Å². The Hall–Kier alpha value is -5.41. The molecule has 2 unspecified atom stereocenters. The molecule has 0 bridgehead atoms. The van der Waals surface area contributed by atoms with Gasteiger partial charge in [0.25, 0.3) is 0 Å². The lowest BCUT2D eigenvalue weighted by atomic mass is 9.67. The van der Waals surface area contributed by atoms with Crippen LogP contribution < -0.4 is 26.4 Å². The van der Waals surface area contributed by atoms with Crippen molar-refractivity contribution in [2.45, 2.75) is 134 Å². The van der Waals surface area contributed by atoms with Gasteiger partial charge >= 0.3 is 11.9 Å². The van der Waals surface area contributed by atoms with Gasteiger partial charge in [-0.15, -0.1) is 0 Å². The molecule has 3 N–H and O–H groups in total. The van der Waals surface area contributed by atoms with Gasteiger partial charge in [-0.3, -0.25) is 33.7 Å². The van der Waals surface area contributed by atoms with Crippen molar-refractivity contribution in [1.82, 2.24) is 24.7 Å². The van der Waals surface area contributed by atoms with E-state index in [2.05, 4.69) is 60.1 Å². The summed E-state index contributed by atoms with van der Waals surface area (Å²) in [6.07, 6.45) is 4.11. The molecule has 4 aliphatic rings. The minimum absolute atomic E-state index is 0.0558. The Morgan fingerprint density at radius 2 is 1.69 bits per heavy atom. The Labute approximate surface area is 390 Å². The topological polar surface area (TPSA) is 136 Å². The summed E-state index contributed by atoms with van der Waals surface area (Å²) in [5.41, 5.74) is 3.62. The molecule has 2 aliphatic carbocycles. The normalized spacial score (nSPS) is 24.5. The average molecular weight is 927 g/mol. The molecule has 2 saturated heterocycles. The maximum Gasteiger partial charge on any atom is 0.395 e. The van der Waals surface area contributed by atoms with Crippen LogP contribution in [0.4, 0.5) is 18.9 Å². The van der Waals surface area contributed by atoms with Crippen molar-refractivity contribution >= 4 is 40.0 Å². The molecule has 0 spiro atoms. The summed E-state index contributed by atoms with van der Waals surface area (Å²) in [5, 5.41) is 9.11. The molecule has 12 nitrogen and oxygen atoms in total. The molecule has 15 heteroatoms. The van der Waals surface area contributed by atoms with Crippen molar-refractivity contribution in [3.05, 3.63) is 100.0 Å². The molecule has 1 aromatic heterocycles. The number of aryl methyl sites for hydroxylation is 1. The lowest BCUT2D eigenvalue weighted by molar-refractivity contribution is -0.217. The smallest absolute Gasteiger partial charge is 0.395 e. The van der Waals surface area contributed by atoms with Crippen molar-refractivity contribution in [3.8, 4) is 5.75 Å². The minimum Gasteiger partial charge on any atom is -0.497 e. The second-order valence-corrected chi connectivity index (χ2v) is 20.7. The second-order valence-electron chi connectivity index (χ2n) is 20.7. The van der Waals surface area contributed by atoms with Crippen molar-refractivity contribution in [1.29, 1.82) is 0 Å². The Bertz CT molecular complexity index is 2560. The van der Waals surface area contributed by atoms with Gasteiger partial charge < -0.3 is 20.1 Å². The number of alkyl halides is 3. The summed E-state index contributed by atoms with van der Waals surface area (Å²) >= 11 is 0. The third kappa shape index (κ3) is 10.5. The fourth-order valence-electron chi connectivity index (χ4n) is 10.8. The van der Waals surface area contributed by atoms with E-state index >= 15 is 0 Å². The molecular weight excluding hydrogens is 862 g/mol. The van der Waals surface area contributed by atoms with Crippen LogP contribution in [0.25, 0.3) is 16.6 Å². The van der Waals surface area contributed by atoms with Crippen molar-refractivity contribution in [2.75, 3.05) is 32.1 Å². The molecule has 3 heterocycles. The third-order valence-corrected chi connectivity index (χ3v) is 14.8. The number of imide groups is 1. The van der Waals surface area contributed by atoms with Crippen LogP contribution in [0.3, 0.4) is 0 Å². The Kier molecular flexibility index (Phi) is 13.6. The zero-order chi connectivity index (χ0) is 47.9.